The molecule has 14 heavy (non-hydrogen) atoms. The van der Waals surface area contributed by atoms with Crippen LogP contribution in [0.4, 0.5) is 0 Å². The fourth-order valence-corrected chi connectivity index (χ4v) is 2.27. The van der Waals surface area contributed by atoms with E-state index in [1.165, 1.54) is 11.5 Å². The molecule has 2 nitrogen and oxygen atoms in total. The van der Waals surface area contributed by atoms with Crippen molar-refractivity contribution in [2.24, 2.45) is 5.92 Å². The lowest BCUT2D eigenvalue weighted by atomic mass is 10.1. The van der Waals surface area contributed by atoms with Gasteiger partial charge < -0.3 is 9.84 Å². The van der Waals surface area contributed by atoms with Gasteiger partial charge >= 0.3 is 0 Å². The summed E-state index contributed by atoms with van der Waals surface area (Å²) in [5, 5.41) is 9.20. The van der Waals surface area contributed by atoms with E-state index in [0.717, 1.165) is 24.7 Å². The number of thioether (sulfide) groups is 1. The quantitative estimate of drug-likeness (QED) is 0.828. The van der Waals surface area contributed by atoms with Crippen molar-refractivity contribution in [3.05, 3.63) is 24.3 Å². The molecule has 0 aromatic heterocycles. The summed E-state index contributed by atoms with van der Waals surface area (Å²) in [6.07, 6.45) is 1.13. The van der Waals surface area contributed by atoms with Crippen molar-refractivity contribution in [3.8, 4) is 11.5 Å². The van der Waals surface area contributed by atoms with Gasteiger partial charge in [-0.3, -0.25) is 0 Å². The van der Waals surface area contributed by atoms with Crippen LogP contribution in [0.2, 0.25) is 0 Å². The summed E-state index contributed by atoms with van der Waals surface area (Å²) in [7, 11) is 0. The van der Waals surface area contributed by atoms with Crippen molar-refractivity contribution in [2.45, 2.75) is 6.42 Å². The van der Waals surface area contributed by atoms with Crippen LogP contribution < -0.4 is 4.74 Å². The van der Waals surface area contributed by atoms with E-state index in [4.69, 9.17) is 4.74 Å². The van der Waals surface area contributed by atoms with Crippen molar-refractivity contribution in [1.82, 2.24) is 0 Å². The molecule has 1 aliphatic heterocycles. The Balaban J connectivity index is 1.74. The van der Waals surface area contributed by atoms with Gasteiger partial charge in [0.1, 0.15) is 11.5 Å². The van der Waals surface area contributed by atoms with Crippen LogP contribution in [0.25, 0.3) is 0 Å². The molecular formula is C11H14O2S. The van der Waals surface area contributed by atoms with Gasteiger partial charge in [-0.15, -0.1) is 0 Å². The summed E-state index contributed by atoms with van der Waals surface area (Å²) >= 11 is 2.00. The monoisotopic (exact) mass is 210 g/mol. The topological polar surface area (TPSA) is 29.5 Å². The van der Waals surface area contributed by atoms with Crippen LogP contribution in [0.15, 0.2) is 24.3 Å². The van der Waals surface area contributed by atoms with E-state index in [-0.39, 0.29) is 5.75 Å². The van der Waals surface area contributed by atoms with Gasteiger partial charge in [0, 0.05) is 6.07 Å². The predicted molar refractivity (Wildman–Crippen MR) is 59.0 cm³/mol. The Morgan fingerprint density at radius 2 is 2.29 bits per heavy atom. The smallest absolute Gasteiger partial charge is 0.122 e. The molecule has 0 amide bonds. The number of phenolic OH excluding ortho intramolecular Hbond substituents is 1. The lowest BCUT2D eigenvalue weighted by molar-refractivity contribution is 0.287. The zero-order valence-corrected chi connectivity index (χ0v) is 8.80. The normalized spacial score (nSPS) is 16.3. The zero-order chi connectivity index (χ0) is 9.80. The van der Waals surface area contributed by atoms with Gasteiger partial charge in [0.2, 0.25) is 0 Å². The van der Waals surface area contributed by atoms with Crippen LogP contribution in [-0.4, -0.2) is 23.2 Å². The fourth-order valence-electron chi connectivity index (χ4n) is 1.37. The van der Waals surface area contributed by atoms with Gasteiger partial charge in [-0.1, -0.05) is 6.07 Å². The molecule has 0 atom stereocenters. The number of phenols is 1. The molecule has 0 unspecified atom stereocenters. The SMILES string of the molecule is Oc1cccc(OCCC2CSC2)c1. The largest absolute Gasteiger partial charge is 0.508 e. The number of hydrogen-bond acceptors (Lipinski definition) is 3. The molecule has 0 radical (unpaired) electrons. The molecule has 3 heteroatoms. The highest BCUT2D eigenvalue weighted by atomic mass is 32.2. The first-order valence-corrected chi connectivity index (χ1v) is 5.99. The minimum Gasteiger partial charge on any atom is -0.508 e. The van der Waals surface area contributed by atoms with Crippen molar-refractivity contribution in [3.63, 3.8) is 0 Å². The van der Waals surface area contributed by atoms with E-state index in [9.17, 15) is 5.11 Å². The summed E-state index contributed by atoms with van der Waals surface area (Å²) in [5.41, 5.74) is 0. The van der Waals surface area contributed by atoms with Crippen LogP contribution in [0.1, 0.15) is 6.42 Å². The standard InChI is InChI=1S/C11H14O2S/c12-10-2-1-3-11(6-10)13-5-4-9-7-14-8-9/h1-3,6,9,12H,4-5,7-8H2. The average molecular weight is 210 g/mol. The molecule has 1 N–H and O–H groups in total. The second-order valence-electron chi connectivity index (χ2n) is 3.54. The molecule has 0 saturated carbocycles. The highest BCUT2D eigenvalue weighted by Crippen LogP contribution is 2.27. The number of ether oxygens (including phenoxy) is 1. The number of rotatable bonds is 4. The highest BCUT2D eigenvalue weighted by Gasteiger charge is 2.17. The minimum absolute atomic E-state index is 0.265. The van der Waals surface area contributed by atoms with Crippen LogP contribution in [0, 0.1) is 5.92 Å². The third-order valence-corrected chi connectivity index (χ3v) is 3.73. The molecule has 0 spiro atoms. The number of benzene rings is 1. The molecule has 1 heterocycles. The van der Waals surface area contributed by atoms with Crippen LogP contribution in [0.3, 0.4) is 0 Å². The first-order valence-electron chi connectivity index (χ1n) is 4.84. The maximum Gasteiger partial charge on any atom is 0.122 e. The van der Waals surface area contributed by atoms with E-state index in [1.807, 2.05) is 17.8 Å². The average Bonchev–Trinajstić information content (AvgIpc) is 2.09. The Bertz CT molecular complexity index is 297. The third kappa shape index (κ3) is 2.58. The van der Waals surface area contributed by atoms with E-state index in [0.29, 0.717) is 0 Å². The molecule has 1 aliphatic rings. The third-order valence-electron chi connectivity index (χ3n) is 2.32. The number of aromatic hydroxyl groups is 1. The van der Waals surface area contributed by atoms with E-state index >= 15 is 0 Å². The molecule has 76 valence electrons. The Morgan fingerprint density at radius 1 is 1.43 bits per heavy atom. The first-order chi connectivity index (χ1) is 6.84. The number of hydrogen-bond donors (Lipinski definition) is 1. The maximum absolute atomic E-state index is 9.20. The van der Waals surface area contributed by atoms with Gasteiger partial charge in [-0.05, 0) is 36.0 Å². The van der Waals surface area contributed by atoms with Crippen molar-refractivity contribution < 1.29 is 9.84 Å². The van der Waals surface area contributed by atoms with Crippen molar-refractivity contribution in [1.29, 1.82) is 0 Å². The second-order valence-corrected chi connectivity index (χ2v) is 4.61. The molecule has 0 bridgehead atoms. The van der Waals surface area contributed by atoms with Gasteiger partial charge in [-0.25, -0.2) is 0 Å². The molecule has 1 aromatic carbocycles. The first kappa shape index (κ1) is 9.71. The molecule has 1 fully saturated rings. The molecule has 1 saturated heterocycles. The van der Waals surface area contributed by atoms with Crippen molar-refractivity contribution in [2.75, 3.05) is 18.1 Å². The van der Waals surface area contributed by atoms with Crippen LogP contribution in [0.5, 0.6) is 11.5 Å². The fraction of sp³-hybridized carbons (Fsp3) is 0.455. The van der Waals surface area contributed by atoms with Crippen LogP contribution in [-0.2, 0) is 0 Å². The summed E-state index contributed by atoms with van der Waals surface area (Å²) in [6, 6.07) is 6.96. The highest BCUT2D eigenvalue weighted by molar-refractivity contribution is 8.00. The second kappa shape index (κ2) is 4.60. The van der Waals surface area contributed by atoms with Crippen molar-refractivity contribution >= 4 is 11.8 Å². The zero-order valence-electron chi connectivity index (χ0n) is 7.98. The summed E-state index contributed by atoms with van der Waals surface area (Å²) in [4.78, 5) is 0. The lowest BCUT2D eigenvalue weighted by Crippen LogP contribution is -2.20. The predicted octanol–water partition coefficient (Wildman–Crippen LogP) is 2.52. The van der Waals surface area contributed by atoms with Gasteiger partial charge in [0.05, 0.1) is 6.61 Å². The van der Waals surface area contributed by atoms with Gasteiger partial charge in [0.25, 0.3) is 0 Å². The van der Waals surface area contributed by atoms with E-state index in [1.54, 1.807) is 18.2 Å². The minimum atomic E-state index is 0.265. The van der Waals surface area contributed by atoms with Gasteiger partial charge in [-0.2, -0.15) is 11.8 Å². The van der Waals surface area contributed by atoms with Crippen LogP contribution >= 0.6 is 11.8 Å². The summed E-state index contributed by atoms with van der Waals surface area (Å²) < 4.78 is 5.52. The van der Waals surface area contributed by atoms with E-state index in [2.05, 4.69) is 0 Å². The molecule has 0 aliphatic carbocycles. The maximum atomic E-state index is 9.20. The Kier molecular flexibility index (Phi) is 3.19. The summed E-state index contributed by atoms with van der Waals surface area (Å²) in [6.45, 7) is 0.759. The molecular weight excluding hydrogens is 196 g/mol. The molecule has 1 aromatic rings. The Morgan fingerprint density at radius 3 is 2.93 bits per heavy atom. The van der Waals surface area contributed by atoms with Gasteiger partial charge in [0.15, 0.2) is 0 Å². The van der Waals surface area contributed by atoms with E-state index < -0.39 is 0 Å². The Labute approximate surface area is 88.3 Å². The molecule has 2 rings (SSSR count). The summed E-state index contributed by atoms with van der Waals surface area (Å²) in [5.74, 6) is 4.43. The lowest BCUT2D eigenvalue weighted by Gasteiger charge is -2.24. The Hall–Kier alpha value is -0.830.